The van der Waals surface area contributed by atoms with Crippen molar-refractivity contribution in [2.24, 2.45) is 0 Å². The molecule has 1 aliphatic carbocycles. The molecular formula is C13H20N2O3S. The van der Waals surface area contributed by atoms with Crippen LogP contribution in [0.2, 0.25) is 0 Å². The third-order valence-electron chi connectivity index (χ3n) is 3.73. The van der Waals surface area contributed by atoms with Gasteiger partial charge in [0.2, 0.25) is 10.0 Å². The monoisotopic (exact) mass is 284 g/mol. The molecule has 1 aromatic rings. The van der Waals surface area contributed by atoms with E-state index in [9.17, 15) is 13.5 Å². The number of rotatable bonds is 5. The number of aliphatic hydroxyl groups excluding tert-OH is 1. The summed E-state index contributed by atoms with van der Waals surface area (Å²) < 4.78 is 27.5. The van der Waals surface area contributed by atoms with Gasteiger partial charge in [-0.15, -0.1) is 0 Å². The summed E-state index contributed by atoms with van der Waals surface area (Å²) in [4.78, 5) is 0.217. The normalized spacial score (nSPS) is 18.0. The second-order valence-electron chi connectivity index (χ2n) is 5.12. The van der Waals surface area contributed by atoms with Gasteiger partial charge >= 0.3 is 0 Å². The highest BCUT2D eigenvalue weighted by Gasteiger charge is 2.40. The predicted molar refractivity (Wildman–Crippen MR) is 74.2 cm³/mol. The summed E-state index contributed by atoms with van der Waals surface area (Å²) in [6.45, 7) is 1.73. The maximum absolute atomic E-state index is 12.5. The molecule has 1 saturated carbocycles. The molecule has 0 aliphatic heterocycles. The Balaban J connectivity index is 2.36. The van der Waals surface area contributed by atoms with E-state index in [4.69, 9.17) is 5.73 Å². The Bertz CT molecular complexity index is 560. The van der Waals surface area contributed by atoms with Gasteiger partial charge in [-0.1, -0.05) is 13.0 Å². The number of hydrogen-bond donors (Lipinski definition) is 3. The van der Waals surface area contributed by atoms with Crippen molar-refractivity contribution >= 4 is 15.7 Å². The lowest BCUT2D eigenvalue weighted by atomic mass is 9.78. The molecule has 6 heteroatoms. The average molecular weight is 284 g/mol. The molecule has 0 unspecified atom stereocenters. The number of anilines is 1. The number of aliphatic hydroxyl groups is 1. The van der Waals surface area contributed by atoms with Crippen LogP contribution in [0.3, 0.4) is 0 Å². The molecule has 1 aliphatic rings. The summed E-state index contributed by atoms with van der Waals surface area (Å²) in [5, 5.41) is 9.38. The Morgan fingerprint density at radius 1 is 1.42 bits per heavy atom. The first-order chi connectivity index (χ1) is 8.92. The van der Waals surface area contributed by atoms with Crippen LogP contribution in [0.1, 0.15) is 31.7 Å². The van der Waals surface area contributed by atoms with Crippen molar-refractivity contribution in [3.8, 4) is 0 Å². The Morgan fingerprint density at radius 3 is 2.58 bits per heavy atom. The molecule has 0 amide bonds. The quantitative estimate of drug-likeness (QED) is 0.704. The lowest BCUT2D eigenvalue weighted by Crippen LogP contribution is -2.56. The Labute approximate surface area is 113 Å². The van der Waals surface area contributed by atoms with Gasteiger partial charge in [0.05, 0.1) is 17.0 Å². The molecular weight excluding hydrogens is 264 g/mol. The molecule has 0 spiro atoms. The molecule has 0 radical (unpaired) electrons. The zero-order valence-electron chi connectivity index (χ0n) is 11.0. The zero-order chi connectivity index (χ0) is 14.1. The third kappa shape index (κ3) is 2.75. The van der Waals surface area contributed by atoms with Crippen molar-refractivity contribution in [3.63, 3.8) is 0 Å². The second-order valence-corrected chi connectivity index (χ2v) is 6.77. The maximum Gasteiger partial charge on any atom is 0.241 e. The van der Waals surface area contributed by atoms with Crippen molar-refractivity contribution < 1.29 is 13.5 Å². The number of hydrogen-bond acceptors (Lipinski definition) is 4. The van der Waals surface area contributed by atoms with Crippen LogP contribution in [-0.4, -0.2) is 25.7 Å². The van der Waals surface area contributed by atoms with Crippen molar-refractivity contribution in [2.75, 3.05) is 12.3 Å². The summed E-state index contributed by atoms with van der Waals surface area (Å²) >= 11 is 0. The van der Waals surface area contributed by atoms with Crippen molar-refractivity contribution in [1.82, 2.24) is 4.72 Å². The van der Waals surface area contributed by atoms with Gasteiger partial charge in [-0.2, -0.15) is 0 Å². The lowest BCUT2D eigenvalue weighted by Gasteiger charge is -2.40. The van der Waals surface area contributed by atoms with Crippen LogP contribution in [0.15, 0.2) is 23.1 Å². The molecule has 106 valence electrons. The van der Waals surface area contributed by atoms with Gasteiger partial charge in [-0.05, 0) is 43.4 Å². The largest absolute Gasteiger partial charge is 0.399 e. The molecule has 4 N–H and O–H groups in total. The van der Waals surface area contributed by atoms with E-state index in [-0.39, 0.29) is 11.5 Å². The van der Waals surface area contributed by atoms with Crippen LogP contribution < -0.4 is 10.5 Å². The number of nitrogen functional groups attached to an aromatic ring is 1. The van der Waals surface area contributed by atoms with E-state index in [1.807, 2.05) is 6.92 Å². The summed E-state index contributed by atoms with van der Waals surface area (Å²) in [6.07, 6.45) is 2.89. The fraction of sp³-hybridized carbons (Fsp3) is 0.538. The fourth-order valence-corrected chi connectivity index (χ4v) is 4.15. The molecule has 5 nitrogen and oxygen atoms in total. The van der Waals surface area contributed by atoms with E-state index < -0.39 is 15.6 Å². The Kier molecular flexibility index (Phi) is 3.85. The smallest absolute Gasteiger partial charge is 0.241 e. The minimum absolute atomic E-state index is 0.171. The standard InChI is InChI=1S/C13H20N2O3S/c1-2-10-4-5-11(14)8-12(10)19(17,18)15-13(9-16)6-3-7-13/h4-5,8,15-16H,2-3,6-7,9,14H2,1H3. The maximum atomic E-state index is 12.5. The van der Waals surface area contributed by atoms with Gasteiger partial charge in [0.1, 0.15) is 0 Å². The number of nitrogens with two attached hydrogens (primary N) is 1. The molecule has 0 saturated heterocycles. The third-order valence-corrected chi connectivity index (χ3v) is 5.39. The first-order valence-corrected chi connectivity index (χ1v) is 7.94. The number of aryl methyl sites for hydroxylation is 1. The summed E-state index contributed by atoms with van der Waals surface area (Å²) in [5.41, 5.74) is 6.15. The number of benzene rings is 1. The average Bonchev–Trinajstić information content (AvgIpc) is 2.34. The molecule has 2 rings (SSSR count). The fourth-order valence-electron chi connectivity index (χ4n) is 2.35. The van der Waals surface area contributed by atoms with Crippen LogP contribution in [0.5, 0.6) is 0 Å². The van der Waals surface area contributed by atoms with E-state index in [0.717, 1.165) is 12.0 Å². The van der Waals surface area contributed by atoms with Gasteiger partial charge < -0.3 is 10.8 Å². The Morgan fingerprint density at radius 2 is 2.11 bits per heavy atom. The molecule has 0 atom stereocenters. The molecule has 1 fully saturated rings. The van der Waals surface area contributed by atoms with Crippen molar-refractivity contribution in [3.05, 3.63) is 23.8 Å². The van der Waals surface area contributed by atoms with Crippen LogP contribution in [0.25, 0.3) is 0 Å². The highest BCUT2D eigenvalue weighted by Crippen LogP contribution is 2.33. The molecule has 19 heavy (non-hydrogen) atoms. The van der Waals surface area contributed by atoms with E-state index in [2.05, 4.69) is 4.72 Å². The number of nitrogens with one attached hydrogen (secondary N) is 1. The summed E-state index contributed by atoms with van der Waals surface area (Å²) in [6, 6.07) is 4.91. The predicted octanol–water partition coefficient (Wildman–Crippen LogP) is 1.02. The molecule has 1 aromatic carbocycles. The molecule has 0 aromatic heterocycles. The number of sulfonamides is 1. The second kappa shape index (κ2) is 5.11. The van der Waals surface area contributed by atoms with Gasteiger partial charge in [0.25, 0.3) is 0 Å². The van der Waals surface area contributed by atoms with Crippen LogP contribution in [0, 0.1) is 0 Å². The minimum Gasteiger partial charge on any atom is -0.399 e. The summed E-state index contributed by atoms with van der Waals surface area (Å²) in [5.74, 6) is 0. The van der Waals surface area contributed by atoms with E-state index >= 15 is 0 Å². The topological polar surface area (TPSA) is 92.4 Å². The van der Waals surface area contributed by atoms with E-state index in [1.165, 1.54) is 6.07 Å². The van der Waals surface area contributed by atoms with Crippen LogP contribution in [0.4, 0.5) is 5.69 Å². The van der Waals surface area contributed by atoms with Crippen LogP contribution in [-0.2, 0) is 16.4 Å². The Hall–Kier alpha value is -1.11. The van der Waals surface area contributed by atoms with Gasteiger partial charge in [0, 0.05) is 5.69 Å². The zero-order valence-corrected chi connectivity index (χ0v) is 11.8. The van der Waals surface area contributed by atoms with Crippen molar-refractivity contribution in [2.45, 2.75) is 43.0 Å². The SMILES string of the molecule is CCc1ccc(N)cc1S(=O)(=O)NC1(CO)CCC1. The van der Waals surface area contributed by atoms with Gasteiger partial charge in [-0.25, -0.2) is 13.1 Å². The highest BCUT2D eigenvalue weighted by atomic mass is 32.2. The van der Waals surface area contributed by atoms with Gasteiger partial charge in [-0.3, -0.25) is 0 Å². The van der Waals surface area contributed by atoms with E-state index in [0.29, 0.717) is 24.9 Å². The highest BCUT2D eigenvalue weighted by molar-refractivity contribution is 7.89. The summed E-state index contributed by atoms with van der Waals surface area (Å²) in [7, 11) is -3.65. The van der Waals surface area contributed by atoms with Gasteiger partial charge in [0.15, 0.2) is 0 Å². The minimum atomic E-state index is -3.65. The van der Waals surface area contributed by atoms with Crippen LogP contribution >= 0.6 is 0 Å². The van der Waals surface area contributed by atoms with E-state index in [1.54, 1.807) is 12.1 Å². The lowest BCUT2D eigenvalue weighted by molar-refractivity contribution is 0.110. The first-order valence-electron chi connectivity index (χ1n) is 6.46. The molecule has 0 bridgehead atoms. The first kappa shape index (κ1) is 14.3. The van der Waals surface area contributed by atoms with Crippen molar-refractivity contribution in [1.29, 1.82) is 0 Å². The molecule has 0 heterocycles.